The zero-order valence-corrected chi connectivity index (χ0v) is 17.3. The van der Waals surface area contributed by atoms with Gasteiger partial charge in [0.1, 0.15) is 5.75 Å². The predicted octanol–water partition coefficient (Wildman–Crippen LogP) is 3.29. The number of methoxy groups -OCH3 is 1. The zero-order valence-electron chi connectivity index (χ0n) is 15.8. The number of nitrogens with zero attached hydrogens (tertiary/aromatic N) is 1. The molecule has 2 aromatic carbocycles. The number of pyridine rings is 1. The summed E-state index contributed by atoms with van der Waals surface area (Å²) in [5.41, 5.74) is 5.57. The lowest BCUT2D eigenvalue weighted by molar-refractivity contribution is 0.0844. The number of amides is 2. The maximum absolute atomic E-state index is 12.4. The van der Waals surface area contributed by atoms with Gasteiger partial charge in [0.25, 0.3) is 17.4 Å². The topological polar surface area (TPSA) is 89.4 Å². The van der Waals surface area contributed by atoms with E-state index in [9.17, 15) is 14.4 Å². The number of ether oxygens (including phenoxy) is 1. The van der Waals surface area contributed by atoms with Gasteiger partial charge in [-0.1, -0.05) is 35.3 Å². The first-order chi connectivity index (χ1) is 14.4. The molecule has 154 valence electrons. The van der Waals surface area contributed by atoms with Crippen LogP contribution in [0, 0.1) is 0 Å². The number of hydrogen-bond donors (Lipinski definition) is 2. The Bertz CT molecular complexity index is 1140. The number of benzene rings is 2. The van der Waals surface area contributed by atoms with E-state index in [0.29, 0.717) is 15.8 Å². The fourth-order valence-electron chi connectivity index (χ4n) is 2.69. The number of carbonyl (C=O) groups is 2. The van der Waals surface area contributed by atoms with Crippen molar-refractivity contribution in [1.82, 2.24) is 15.4 Å². The summed E-state index contributed by atoms with van der Waals surface area (Å²) in [5.74, 6) is -0.881. The van der Waals surface area contributed by atoms with Crippen LogP contribution in [-0.4, -0.2) is 23.5 Å². The fraction of sp³-hybridized carbons (Fsp3) is 0.0952. The van der Waals surface area contributed by atoms with Crippen LogP contribution in [0.1, 0.15) is 26.3 Å². The van der Waals surface area contributed by atoms with E-state index in [2.05, 4.69) is 10.9 Å². The third-order valence-electron chi connectivity index (χ3n) is 4.21. The van der Waals surface area contributed by atoms with Crippen molar-refractivity contribution >= 4 is 35.0 Å². The second kappa shape index (κ2) is 9.47. The molecule has 0 spiro atoms. The highest BCUT2D eigenvalue weighted by atomic mass is 35.5. The normalized spacial score (nSPS) is 10.4. The highest BCUT2D eigenvalue weighted by molar-refractivity contribution is 6.31. The maximum Gasteiger partial charge on any atom is 0.273 e. The van der Waals surface area contributed by atoms with E-state index in [1.165, 1.54) is 36.1 Å². The molecule has 3 rings (SSSR count). The Morgan fingerprint density at radius 2 is 1.60 bits per heavy atom. The van der Waals surface area contributed by atoms with Crippen LogP contribution >= 0.6 is 23.2 Å². The number of halogens is 2. The average molecular weight is 446 g/mol. The predicted molar refractivity (Wildman–Crippen MR) is 114 cm³/mol. The Balaban J connectivity index is 1.71. The van der Waals surface area contributed by atoms with E-state index in [4.69, 9.17) is 27.9 Å². The van der Waals surface area contributed by atoms with Gasteiger partial charge in [-0.05, 0) is 42.0 Å². The van der Waals surface area contributed by atoms with Gasteiger partial charge in [0.2, 0.25) is 0 Å². The quantitative estimate of drug-likeness (QED) is 0.589. The molecule has 0 atom stereocenters. The molecule has 0 unspecified atom stereocenters. The minimum absolute atomic E-state index is 0.165. The van der Waals surface area contributed by atoms with Crippen molar-refractivity contribution in [3.63, 3.8) is 0 Å². The van der Waals surface area contributed by atoms with Gasteiger partial charge in [-0.15, -0.1) is 0 Å². The molecule has 0 radical (unpaired) electrons. The molecular weight excluding hydrogens is 429 g/mol. The van der Waals surface area contributed by atoms with Crippen molar-refractivity contribution in [3.05, 3.63) is 97.9 Å². The van der Waals surface area contributed by atoms with Crippen molar-refractivity contribution in [2.45, 2.75) is 6.54 Å². The monoisotopic (exact) mass is 445 g/mol. The first kappa shape index (κ1) is 21.4. The number of hydrazine groups is 1. The second-order valence-corrected chi connectivity index (χ2v) is 7.14. The van der Waals surface area contributed by atoms with E-state index in [1.54, 1.807) is 36.4 Å². The number of carbonyl (C=O) groups excluding carboxylic acids is 2. The van der Waals surface area contributed by atoms with Crippen LogP contribution in [0.3, 0.4) is 0 Å². The Kier molecular flexibility index (Phi) is 6.76. The molecule has 0 aliphatic rings. The van der Waals surface area contributed by atoms with Crippen LogP contribution in [0.5, 0.6) is 5.75 Å². The van der Waals surface area contributed by atoms with Crippen LogP contribution in [0.4, 0.5) is 0 Å². The second-order valence-electron chi connectivity index (χ2n) is 6.26. The van der Waals surface area contributed by atoms with Crippen molar-refractivity contribution in [2.24, 2.45) is 0 Å². The molecule has 30 heavy (non-hydrogen) atoms. The van der Waals surface area contributed by atoms with E-state index < -0.39 is 11.8 Å². The molecule has 2 N–H and O–H groups in total. The summed E-state index contributed by atoms with van der Waals surface area (Å²) in [6.07, 6.45) is 1.42. The summed E-state index contributed by atoms with van der Waals surface area (Å²) < 4.78 is 6.52. The molecule has 1 heterocycles. The van der Waals surface area contributed by atoms with Gasteiger partial charge in [-0.3, -0.25) is 25.2 Å². The van der Waals surface area contributed by atoms with Crippen LogP contribution < -0.4 is 21.1 Å². The van der Waals surface area contributed by atoms with Gasteiger partial charge >= 0.3 is 0 Å². The smallest absolute Gasteiger partial charge is 0.273 e. The first-order valence-corrected chi connectivity index (χ1v) is 9.52. The molecular formula is C21H17Cl2N3O4. The standard InChI is InChI=1S/C21H17Cl2N3O4/c1-30-18-8-7-16(23)10-17(18)21(29)25-24-20(28)14-4-9-19(27)26(12-14)11-13-2-5-15(22)6-3-13/h2-10,12H,11H2,1H3,(H,24,28)(H,25,29). The summed E-state index contributed by atoms with van der Waals surface area (Å²) in [6.45, 7) is 0.267. The summed E-state index contributed by atoms with van der Waals surface area (Å²) in [6, 6.07) is 14.2. The van der Waals surface area contributed by atoms with Crippen molar-refractivity contribution in [3.8, 4) is 5.75 Å². The Morgan fingerprint density at radius 1 is 0.933 bits per heavy atom. The fourth-order valence-corrected chi connectivity index (χ4v) is 2.98. The molecule has 2 amide bonds. The van der Waals surface area contributed by atoms with Crippen molar-refractivity contribution in [2.75, 3.05) is 7.11 Å². The Morgan fingerprint density at radius 3 is 2.30 bits per heavy atom. The zero-order chi connectivity index (χ0) is 21.7. The van der Waals surface area contributed by atoms with Crippen LogP contribution in [0.25, 0.3) is 0 Å². The summed E-state index contributed by atoms with van der Waals surface area (Å²) >= 11 is 11.8. The molecule has 0 bridgehead atoms. The van der Waals surface area contributed by atoms with E-state index in [0.717, 1.165) is 5.56 Å². The maximum atomic E-state index is 12.4. The molecule has 1 aromatic heterocycles. The molecule has 0 saturated carbocycles. The lowest BCUT2D eigenvalue weighted by Gasteiger charge is -2.12. The first-order valence-electron chi connectivity index (χ1n) is 8.76. The third kappa shape index (κ3) is 5.20. The minimum Gasteiger partial charge on any atom is -0.496 e. The number of nitrogens with one attached hydrogen (secondary N) is 2. The van der Waals surface area contributed by atoms with Gasteiger partial charge in [-0.25, -0.2) is 0 Å². The van der Waals surface area contributed by atoms with Crippen molar-refractivity contribution in [1.29, 1.82) is 0 Å². The molecule has 0 fully saturated rings. The van der Waals surface area contributed by atoms with E-state index in [1.807, 2.05) is 0 Å². The average Bonchev–Trinajstić information content (AvgIpc) is 2.74. The number of aromatic nitrogens is 1. The number of hydrogen-bond acceptors (Lipinski definition) is 4. The van der Waals surface area contributed by atoms with Gasteiger partial charge in [0, 0.05) is 22.3 Å². The molecule has 3 aromatic rings. The van der Waals surface area contributed by atoms with E-state index >= 15 is 0 Å². The highest BCUT2D eigenvalue weighted by Gasteiger charge is 2.15. The number of rotatable bonds is 5. The summed E-state index contributed by atoms with van der Waals surface area (Å²) in [4.78, 5) is 36.9. The third-order valence-corrected chi connectivity index (χ3v) is 4.69. The SMILES string of the molecule is COc1ccc(Cl)cc1C(=O)NNC(=O)c1ccc(=O)n(Cc2ccc(Cl)cc2)c1. The molecule has 0 aliphatic heterocycles. The Hall–Kier alpha value is -3.29. The lowest BCUT2D eigenvalue weighted by atomic mass is 10.2. The largest absolute Gasteiger partial charge is 0.496 e. The molecule has 0 aliphatic carbocycles. The van der Waals surface area contributed by atoms with Gasteiger partial charge in [0.05, 0.1) is 24.8 Å². The van der Waals surface area contributed by atoms with Crippen LogP contribution in [0.2, 0.25) is 10.0 Å². The Labute approximate surface area is 182 Å². The summed E-state index contributed by atoms with van der Waals surface area (Å²) in [5, 5.41) is 0.938. The van der Waals surface area contributed by atoms with Gasteiger partial charge in [-0.2, -0.15) is 0 Å². The van der Waals surface area contributed by atoms with Gasteiger partial charge < -0.3 is 9.30 Å². The molecule has 0 saturated heterocycles. The van der Waals surface area contributed by atoms with Crippen LogP contribution in [-0.2, 0) is 6.54 Å². The van der Waals surface area contributed by atoms with Crippen molar-refractivity contribution < 1.29 is 14.3 Å². The van der Waals surface area contributed by atoms with Crippen LogP contribution in [0.15, 0.2) is 65.6 Å². The summed E-state index contributed by atoms with van der Waals surface area (Å²) in [7, 11) is 1.42. The lowest BCUT2D eigenvalue weighted by Crippen LogP contribution is -2.42. The van der Waals surface area contributed by atoms with Gasteiger partial charge in [0.15, 0.2) is 0 Å². The minimum atomic E-state index is -0.600. The highest BCUT2D eigenvalue weighted by Crippen LogP contribution is 2.22. The molecule has 9 heteroatoms. The molecule has 7 nitrogen and oxygen atoms in total. The van der Waals surface area contributed by atoms with E-state index in [-0.39, 0.29) is 23.2 Å².